The maximum absolute atomic E-state index is 14.2. The molecule has 3 fully saturated rings. The molecular weight excluding hydrogens is 920 g/mol. The molecule has 0 aromatic heterocycles. The molecule has 1 aromatic rings. The summed E-state index contributed by atoms with van der Waals surface area (Å²) >= 11 is 6.56. The molecule has 2 unspecified atom stereocenters. The molecule has 67 heavy (non-hydrogen) atoms. The zero-order chi connectivity index (χ0) is 49.4. The number of nitrogens with zero attached hydrogens (tertiary/aromatic N) is 2. The van der Waals surface area contributed by atoms with Crippen LogP contribution in [0.5, 0.6) is 5.75 Å². The van der Waals surface area contributed by atoms with Gasteiger partial charge in [-0.25, -0.2) is 9.59 Å². The minimum atomic E-state index is -2.09. The van der Waals surface area contributed by atoms with Crippen molar-refractivity contribution in [1.29, 1.82) is 0 Å². The zero-order valence-electron chi connectivity index (χ0n) is 40.3. The Labute approximate surface area is 408 Å². The third kappa shape index (κ3) is 13.7. The molecule has 11 atom stereocenters. The van der Waals surface area contributed by atoms with Crippen LogP contribution in [0.3, 0.4) is 0 Å². The van der Waals surface area contributed by atoms with Gasteiger partial charge in [-0.05, 0) is 71.1 Å². The number of fused-ring (bicyclic) bond motifs is 5. The number of carbonyl (C=O) groups excluding carboxylic acids is 5. The summed E-state index contributed by atoms with van der Waals surface area (Å²) in [6, 6.07) is 2.22. The topological polar surface area (TPSA) is 208 Å². The number of hydrogen-bond acceptors (Lipinski definition) is 13. The highest BCUT2D eigenvalue weighted by molar-refractivity contribution is 8.76. The number of rotatable bonds is 13. The number of likely N-dealkylation sites (N-methyl/N-ethyl adjacent to an activating group) is 1. The van der Waals surface area contributed by atoms with E-state index in [1.54, 1.807) is 49.8 Å². The fraction of sp³-hybridized carbons (Fsp3) is 0.653. The second-order valence-electron chi connectivity index (χ2n) is 19.3. The maximum atomic E-state index is 14.2. The smallest absolute Gasteiger partial charge is 0.409 e. The molecule has 1 saturated carbocycles. The molecule has 18 heteroatoms. The van der Waals surface area contributed by atoms with E-state index in [1.807, 2.05) is 13.8 Å². The molecule has 5 rings (SSSR count). The monoisotopic (exact) mass is 990 g/mol. The van der Waals surface area contributed by atoms with Crippen LogP contribution < -0.4 is 15.5 Å². The lowest BCUT2D eigenvalue weighted by Crippen LogP contribution is -2.63. The Balaban J connectivity index is 1.23. The van der Waals surface area contributed by atoms with E-state index < -0.39 is 72.1 Å². The first-order chi connectivity index (χ1) is 31.5. The van der Waals surface area contributed by atoms with Gasteiger partial charge >= 0.3 is 12.1 Å². The number of epoxide rings is 1. The van der Waals surface area contributed by atoms with Crippen LogP contribution in [0.25, 0.3) is 0 Å². The lowest BCUT2D eigenvalue weighted by atomic mass is 9.78. The summed E-state index contributed by atoms with van der Waals surface area (Å²) in [5.74, 6) is -1.92. The molecule has 4 amide bonds. The highest BCUT2D eigenvalue weighted by Gasteiger charge is 2.64. The number of esters is 1. The average Bonchev–Trinajstić information content (AvgIpc) is 4.00. The van der Waals surface area contributed by atoms with Crippen molar-refractivity contribution in [3.05, 3.63) is 58.7 Å². The van der Waals surface area contributed by atoms with Crippen molar-refractivity contribution in [1.82, 2.24) is 15.5 Å². The number of aliphatic hydroxyl groups is 2. The number of anilines is 1. The van der Waals surface area contributed by atoms with Crippen LogP contribution in [-0.4, -0.2) is 123 Å². The van der Waals surface area contributed by atoms with Crippen LogP contribution in [0.2, 0.25) is 5.02 Å². The van der Waals surface area contributed by atoms with Gasteiger partial charge in [-0.3, -0.25) is 19.7 Å². The number of hydrogen-bond donors (Lipinski definition) is 5. The molecule has 372 valence electrons. The Hall–Kier alpha value is -3.74. The van der Waals surface area contributed by atoms with Crippen LogP contribution >= 0.6 is 33.2 Å². The number of phenolic OH excluding ortho intramolecular Hbond substituents is 1. The number of amides is 4. The van der Waals surface area contributed by atoms with E-state index in [2.05, 4.69) is 36.6 Å². The highest BCUT2D eigenvalue weighted by Crippen LogP contribution is 2.49. The molecular formula is C49H71ClN4O11S2. The van der Waals surface area contributed by atoms with Crippen LogP contribution in [0.1, 0.15) is 118 Å². The largest absolute Gasteiger partial charge is 0.506 e. The molecule has 1 aliphatic carbocycles. The first kappa shape index (κ1) is 54.2. The molecule has 0 spiro atoms. The molecule has 3 heterocycles. The van der Waals surface area contributed by atoms with Gasteiger partial charge in [0.05, 0.1) is 18.2 Å². The first-order valence-corrected chi connectivity index (χ1v) is 26.1. The molecule has 3 aliphatic heterocycles. The Bertz CT molecular complexity index is 2070. The van der Waals surface area contributed by atoms with Gasteiger partial charge in [0.2, 0.25) is 17.7 Å². The first-order valence-electron chi connectivity index (χ1n) is 23.4. The number of allylic oxidation sites excluding steroid dienone is 4. The third-order valence-electron chi connectivity index (χ3n) is 13.9. The van der Waals surface area contributed by atoms with Gasteiger partial charge in [0.1, 0.15) is 40.7 Å². The van der Waals surface area contributed by atoms with E-state index in [1.165, 1.54) is 53.3 Å². The Morgan fingerprint density at radius 2 is 1.90 bits per heavy atom. The third-order valence-corrected chi connectivity index (χ3v) is 17.2. The number of alkyl carbamates (subject to hydrolysis) is 1. The van der Waals surface area contributed by atoms with E-state index in [0.29, 0.717) is 30.6 Å². The average molecular weight is 992 g/mol. The predicted molar refractivity (Wildman–Crippen MR) is 263 cm³/mol. The second-order valence-corrected chi connectivity index (χ2v) is 22.6. The van der Waals surface area contributed by atoms with E-state index in [4.69, 9.17) is 25.8 Å². The lowest BCUT2D eigenvalue weighted by molar-refractivity contribution is -0.162. The molecule has 2 saturated heterocycles. The summed E-state index contributed by atoms with van der Waals surface area (Å²) in [7, 11) is 6.17. The van der Waals surface area contributed by atoms with Gasteiger partial charge in [-0.2, -0.15) is 0 Å². The fourth-order valence-electron chi connectivity index (χ4n) is 9.29. The van der Waals surface area contributed by atoms with E-state index in [-0.39, 0.29) is 57.8 Å². The number of halogens is 1. The minimum Gasteiger partial charge on any atom is -0.506 e. The molecule has 4 aliphatic rings. The highest BCUT2D eigenvalue weighted by atomic mass is 35.5. The Morgan fingerprint density at radius 3 is 2.61 bits per heavy atom. The number of aliphatic hydroxyl groups excluding tert-OH is 1. The van der Waals surface area contributed by atoms with E-state index >= 15 is 0 Å². The van der Waals surface area contributed by atoms with Crippen molar-refractivity contribution in [3.63, 3.8) is 0 Å². The lowest BCUT2D eigenvalue weighted by Gasteiger charge is -2.41. The zero-order valence-corrected chi connectivity index (χ0v) is 42.7. The summed E-state index contributed by atoms with van der Waals surface area (Å²) in [4.78, 5) is 70.0. The molecule has 15 nitrogen and oxygen atoms in total. The van der Waals surface area contributed by atoms with Gasteiger partial charge in [0, 0.05) is 61.7 Å². The Morgan fingerprint density at radius 1 is 1.16 bits per heavy atom. The van der Waals surface area contributed by atoms with Crippen molar-refractivity contribution in [2.75, 3.05) is 24.7 Å². The van der Waals surface area contributed by atoms with Gasteiger partial charge in [0.15, 0.2) is 5.72 Å². The molecule has 5 N–H and O–H groups in total. The van der Waals surface area contributed by atoms with Crippen molar-refractivity contribution >= 4 is 68.7 Å². The van der Waals surface area contributed by atoms with Crippen LogP contribution in [0.15, 0.2) is 48.1 Å². The van der Waals surface area contributed by atoms with Gasteiger partial charge < -0.3 is 44.6 Å². The van der Waals surface area contributed by atoms with Crippen molar-refractivity contribution in [3.8, 4) is 5.75 Å². The van der Waals surface area contributed by atoms with Crippen molar-refractivity contribution in [2.24, 2.45) is 11.3 Å². The quantitative estimate of drug-likeness (QED) is 0.0324. The van der Waals surface area contributed by atoms with E-state index in [0.717, 1.165) is 31.3 Å². The van der Waals surface area contributed by atoms with Crippen LogP contribution in [-0.2, 0) is 39.8 Å². The maximum Gasteiger partial charge on any atom is 0.409 e. The number of nitrogens with one attached hydrogen (secondary N) is 2. The number of benzene rings is 1. The summed E-state index contributed by atoms with van der Waals surface area (Å²) in [6.07, 6.45) is 9.99. The number of ether oxygens (including phenoxy) is 3. The summed E-state index contributed by atoms with van der Waals surface area (Å²) in [6.45, 7) is 13.1. The van der Waals surface area contributed by atoms with Crippen LogP contribution in [0, 0.1) is 11.3 Å². The molecule has 1 aromatic carbocycles. The summed E-state index contributed by atoms with van der Waals surface area (Å²) in [5, 5.41) is 39.1. The Kier molecular flexibility index (Phi) is 18.8. The second kappa shape index (κ2) is 23.2. The predicted octanol–water partition coefficient (Wildman–Crippen LogP) is 7.53. The normalized spacial score (nSPS) is 32.6. The van der Waals surface area contributed by atoms with Crippen molar-refractivity contribution in [2.45, 2.75) is 172 Å². The van der Waals surface area contributed by atoms with Gasteiger partial charge in [0.25, 0.3) is 0 Å². The standard InChI is InChI=1S/C49H71ClN4O11S2/c1-10-21-47(6)22-13-11-12-16-37(47)51-40(57)19-18-30(3)67-66-23-20-41(58)53(8)32(5)45(60)64-39-27-42(59)54(9)34-25-33(26-35(55)43(34)50)24-29(2)15-14-17-38(56)49(62)28-36(63-46(61)52-49)31(4)44-48(39,7)65-44/h10,14-15,17,21,25-26,30-32,36-39,44,55-56,62H,11-13,16,18-20,22-24,27-28H2,1-9H3,(H,51,57)(H,52,61)/b17-14+,21-10+,29-15+/t30?,31-,32+,36+,37?,38-,39+,44+,47+,48+,49+/m1/s1. The number of aromatic hydroxyl groups is 1. The SMILES string of the molecule is C/C=C/[C@@]1(C)CCCCCC1NC(=O)CCC(C)SSCCC(=O)N(C)[C@@H](C)C(=O)O[C@H]1CC(=O)N(C)c2cc(cc(O)c2Cl)C/C(C)=C/C=C/[C@@H](O)[C@@]2(O)C[C@H](OC(=O)N2)[C@@H](C)[C@@H]2O[C@@]12C. The number of carbonyl (C=O) groups is 5. The van der Waals surface area contributed by atoms with E-state index in [9.17, 15) is 39.3 Å². The van der Waals surface area contributed by atoms with Crippen molar-refractivity contribution < 1.29 is 53.5 Å². The van der Waals surface area contributed by atoms with Crippen LogP contribution in [0.4, 0.5) is 10.5 Å². The fourth-order valence-corrected chi connectivity index (χ4v) is 11.9. The van der Waals surface area contributed by atoms with Gasteiger partial charge in [-0.15, -0.1) is 0 Å². The minimum absolute atomic E-state index is 0.0440. The molecule has 0 radical (unpaired) electrons. The number of phenols is 1. The summed E-state index contributed by atoms with van der Waals surface area (Å²) < 4.78 is 17.9. The van der Waals surface area contributed by atoms with Gasteiger partial charge in [-0.1, -0.05) is 109 Å². The summed E-state index contributed by atoms with van der Waals surface area (Å²) in [5.41, 5.74) is -1.80. The molecule has 4 bridgehead atoms.